The number of esters is 2. The van der Waals surface area contributed by atoms with E-state index in [0.717, 1.165) is 18.9 Å². The third kappa shape index (κ3) is 10.2. The second-order valence-electron chi connectivity index (χ2n) is 9.62. The monoisotopic (exact) mass is 545 g/mol. The van der Waals surface area contributed by atoms with Gasteiger partial charge in [0.1, 0.15) is 11.5 Å². The van der Waals surface area contributed by atoms with Crippen LogP contribution in [0, 0.1) is 17.1 Å². The normalized spacial score (nSPS) is 10.5. The lowest BCUT2D eigenvalue weighted by atomic mass is 10.1. The number of rotatable bonds is 16. The van der Waals surface area contributed by atoms with Crippen LogP contribution in [0.2, 0.25) is 0 Å². The van der Waals surface area contributed by atoms with E-state index in [1.54, 1.807) is 24.3 Å². The Morgan fingerprint density at radius 2 is 1.23 bits per heavy atom. The highest BCUT2D eigenvalue weighted by atomic mass is 19.1. The molecule has 0 aliphatic heterocycles. The number of carbonyl (C=O) groups excluding carboxylic acids is 2. The van der Waals surface area contributed by atoms with Crippen molar-refractivity contribution in [2.24, 2.45) is 0 Å². The minimum atomic E-state index is -0.812. The molecular formula is C33H36FNO5. The van der Waals surface area contributed by atoms with E-state index in [-0.39, 0.29) is 22.6 Å². The van der Waals surface area contributed by atoms with E-state index in [0.29, 0.717) is 17.9 Å². The highest BCUT2D eigenvalue weighted by Crippen LogP contribution is 2.21. The van der Waals surface area contributed by atoms with Crippen LogP contribution in [0.5, 0.6) is 17.2 Å². The third-order valence-corrected chi connectivity index (χ3v) is 6.42. The van der Waals surface area contributed by atoms with Crippen LogP contribution in [0.1, 0.15) is 97.4 Å². The fraction of sp³-hybridized carbons (Fsp3) is 0.364. The Balaban J connectivity index is 1.37. The summed E-state index contributed by atoms with van der Waals surface area (Å²) < 4.78 is 30.2. The van der Waals surface area contributed by atoms with Crippen molar-refractivity contribution in [2.75, 3.05) is 6.61 Å². The molecule has 0 aromatic heterocycles. The highest BCUT2D eigenvalue weighted by molar-refractivity contribution is 5.92. The first kappa shape index (κ1) is 30.4. The van der Waals surface area contributed by atoms with E-state index in [1.165, 1.54) is 87.8 Å². The van der Waals surface area contributed by atoms with Gasteiger partial charge in [0.25, 0.3) is 0 Å². The number of benzene rings is 3. The minimum Gasteiger partial charge on any atom is -0.494 e. The molecule has 0 N–H and O–H groups in total. The third-order valence-electron chi connectivity index (χ3n) is 6.42. The predicted octanol–water partition coefficient (Wildman–Crippen LogP) is 8.44. The zero-order valence-corrected chi connectivity index (χ0v) is 23.0. The maximum Gasteiger partial charge on any atom is 0.343 e. The SMILES string of the molecule is CCCCCCCCCCCCOc1ccc(C(=O)Oc2ccc(C(=O)Oc3ccc(C#N)cc3F)cc2)cc1. The molecule has 0 bridgehead atoms. The second kappa shape index (κ2) is 16.7. The molecule has 0 unspecified atom stereocenters. The molecule has 0 saturated carbocycles. The van der Waals surface area contributed by atoms with Crippen molar-refractivity contribution in [3.63, 3.8) is 0 Å². The molecule has 0 radical (unpaired) electrons. The number of hydrogen-bond acceptors (Lipinski definition) is 6. The number of halogens is 1. The number of ether oxygens (including phenoxy) is 3. The number of nitrogens with zero attached hydrogens (tertiary/aromatic N) is 1. The number of carbonyl (C=O) groups is 2. The maximum absolute atomic E-state index is 14.0. The first-order valence-electron chi connectivity index (χ1n) is 14.0. The van der Waals surface area contributed by atoms with Crippen LogP contribution in [0.25, 0.3) is 0 Å². The predicted molar refractivity (Wildman–Crippen MR) is 151 cm³/mol. The van der Waals surface area contributed by atoms with Crippen LogP contribution >= 0.6 is 0 Å². The van der Waals surface area contributed by atoms with E-state index >= 15 is 0 Å². The van der Waals surface area contributed by atoms with Crippen LogP contribution in [-0.4, -0.2) is 18.5 Å². The molecule has 0 fully saturated rings. The van der Waals surface area contributed by atoms with E-state index in [9.17, 15) is 14.0 Å². The lowest BCUT2D eigenvalue weighted by molar-refractivity contribution is 0.0726. The largest absolute Gasteiger partial charge is 0.494 e. The highest BCUT2D eigenvalue weighted by Gasteiger charge is 2.14. The summed E-state index contributed by atoms with van der Waals surface area (Å²) in [6, 6.07) is 17.9. The van der Waals surface area contributed by atoms with Gasteiger partial charge in [-0.25, -0.2) is 14.0 Å². The Bertz CT molecular complexity index is 1270. The topological polar surface area (TPSA) is 85.6 Å². The van der Waals surface area contributed by atoms with Gasteiger partial charge in [0, 0.05) is 0 Å². The van der Waals surface area contributed by atoms with Gasteiger partial charge in [-0.05, 0) is 73.2 Å². The van der Waals surface area contributed by atoms with Crippen molar-refractivity contribution in [1.29, 1.82) is 5.26 Å². The fourth-order valence-corrected chi connectivity index (χ4v) is 4.10. The molecule has 0 saturated heterocycles. The molecule has 0 spiro atoms. The first-order chi connectivity index (χ1) is 19.5. The van der Waals surface area contributed by atoms with Crippen LogP contribution in [0.3, 0.4) is 0 Å². The molecule has 210 valence electrons. The number of nitriles is 1. The van der Waals surface area contributed by atoms with Crippen LogP contribution in [0.15, 0.2) is 66.7 Å². The summed E-state index contributed by atoms with van der Waals surface area (Å²) in [5, 5.41) is 8.81. The molecule has 0 aliphatic rings. The number of hydrogen-bond donors (Lipinski definition) is 0. The molecule has 0 amide bonds. The van der Waals surface area contributed by atoms with Crippen LogP contribution < -0.4 is 14.2 Å². The van der Waals surface area contributed by atoms with E-state index in [4.69, 9.17) is 19.5 Å². The Kier molecular flexibility index (Phi) is 12.7. The molecule has 7 heteroatoms. The van der Waals surface area contributed by atoms with Crippen molar-refractivity contribution < 1.29 is 28.2 Å². The van der Waals surface area contributed by atoms with Crippen LogP contribution in [-0.2, 0) is 0 Å². The molecule has 40 heavy (non-hydrogen) atoms. The number of unbranched alkanes of at least 4 members (excludes halogenated alkanes) is 9. The zero-order valence-electron chi connectivity index (χ0n) is 23.0. The van der Waals surface area contributed by atoms with Gasteiger partial charge in [-0.1, -0.05) is 64.7 Å². The Labute approximate surface area is 235 Å². The lowest BCUT2D eigenvalue weighted by Gasteiger charge is -2.09. The average Bonchev–Trinajstić information content (AvgIpc) is 2.97. The van der Waals surface area contributed by atoms with Gasteiger partial charge in [-0.3, -0.25) is 0 Å². The zero-order chi connectivity index (χ0) is 28.6. The summed E-state index contributed by atoms with van der Waals surface area (Å²) in [4.78, 5) is 24.8. The van der Waals surface area contributed by atoms with Crippen molar-refractivity contribution in [3.8, 4) is 23.3 Å². The van der Waals surface area contributed by atoms with Gasteiger partial charge >= 0.3 is 11.9 Å². The van der Waals surface area contributed by atoms with Crippen molar-refractivity contribution in [1.82, 2.24) is 0 Å². The molecule has 3 rings (SSSR count). The Morgan fingerprint density at radius 3 is 1.77 bits per heavy atom. The molecule has 6 nitrogen and oxygen atoms in total. The van der Waals surface area contributed by atoms with Gasteiger partial charge in [0.05, 0.1) is 29.4 Å². The average molecular weight is 546 g/mol. The summed E-state index contributed by atoms with van der Waals surface area (Å²) in [6.07, 6.45) is 12.7. The Hall–Kier alpha value is -4.18. The molecule has 0 heterocycles. The summed E-state index contributed by atoms with van der Waals surface area (Å²) in [5.74, 6) is -1.48. The minimum absolute atomic E-state index is 0.120. The summed E-state index contributed by atoms with van der Waals surface area (Å²) in [7, 11) is 0. The fourth-order valence-electron chi connectivity index (χ4n) is 4.10. The molecular weight excluding hydrogens is 509 g/mol. The van der Waals surface area contributed by atoms with Crippen molar-refractivity contribution in [3.05, 3.63) is 89.2 Å². The van der Waals surface area contributed by atoms with Gasteiger partial charge < -0.3 is 14.2 Å². The van der Waals surface area contributed by atoms with Crippen molar-refractivity contribution in [2.45, 2.75) is 71.1 Å². The van der Waals surface area contributed by atoms with E-state index < -0.39 is 17.8 Å². The van der Waals surface area contributed by atoms with Gasteiger partial charge in [0.2, 0.25) is 0 Å². The van der Waals surface area contributed by atoms with Gasteiger partial charge in [0.15, 0.2) is 11.6 Å². The Morgan fingerprint density at radius 1 is 0.700 bits per heavy atom. The molecule has 0 aliphatic carbocycles. The van der Waals surface area contributed by atoms with E-state index in [1.807, 2.05) is 6.07 Å². The second-order valence-corrected chi connectivity index (χ2v) is 9.62. The maximum atomic E-state index is 14.0. The first-order valence-corrected chi connectivity index (χ1v) is 14.0. The quantitative estimate of drug-likeness (QED) is 0.102. The molecule has 3 aromatic carbocycles. The standard InChI is InChI=1S/C33H36FNO5/c1-2-3-4-5-6-7-8-9-10-11-22-38-28-17-13-26(14-18-28)32(36)39-29-19-15-27(16-20-29)33(37)40-31-21-12-25(24-35)23-30(31)34/h12-21,23H,2-11,22H2,1H3. The van der Waals surface area contributed by atoms with Crippen molar-refractivity contribution >= 4 is 11.9 Å². The molecule has 3 aromatic rings. The molecule has 0 atom stereocenters. The lowest BCUT2D eigenvalue weighted by Crippen LogP contribution is -2.11. The summed E-state index contributed by atoms with van der Waals surface area (Å²) >= 11 is 0. The summed E-state index contributed by atoms with van der Waals surface area (Å²) in [5.41, 5.74) is 0.633. The van der Waals surface area contributed by atoms with E-state index in [2.05, 4.69) is 6.92 Å². The van der Waals surface area contributed by atoms with Gasteiger partial charge in [-0.15, -0.1) is 0 Å². The smallest absolute Gasteiger partial charge is 0.343 e. The summed E-state index contributed by atoms with van der Waals surface area (Å²) in [6.45, 7) is 2.89. The van der Waals surface area contributed by atoms with Crippen LogP contribution in [0.4, 0.5) is 4.39 Å². The van der Waals surface area contributed by atoms with Gasteiger partial charge in [-0.2, -0.15) is 5.26 Å².